The van der Waals surface area contributed by atoms with Gasteiger partial charge in [-0.15, -0.1) is 0 Å². The zero-order valence-corrected chi connectivity index (χ0v) is 13.3. The van der Waals surface area contributed by atoms with Gasteiger partial charge in [-0.1, -0.05) is 6.92 Å². The lowest BCUT2D eigenvalue weighted by molar-refractivity contribution is 0.188. The molecule has 0 atom stereocenters. The van der Waals surface area contributed by atoms with Crippen molar-refractivity contribution in [2.45, 2.75) is 26.8 Å². The molecule has 118 valence electrons. The molecule has 2 rings (SSSR count). The number of anilines is 1. The zero-order valence-electron chi connectivity index (χ0n) is 13.3. The average Bonchev–Trinajstić information content (AvgIpc) is 2.49. The molecule has 21 heavy (non-hydrogen) atoms. The molecule has 0 unspecified atom stereocenters. The Kier molecular flexibility index (Phi) is 6.42. The van der Waals surface area contributed by atoms with Gasteiger partial charge in [0.2, 0.25) is 0 Å². The Morgan fingerprint density at radius 1 is 1.29 bits per heavy atom. The molecule has 1 aliphatic heterocycles. The predicted molar refractivity (Wildman–Crippen MR) is 86.7 cm³/mol. The number of aliphatic hydroxyl groups is 1. The first-order valence-electron chi connectivity index (χ1n) is 7.99. The van der Waals surface area contributed by atoms with E-state index < -0.39 is 0 Å². The first kappa shape index (κ1) is 16.2. The lowest BCUT2D eigenvalue weighted by Gasteiger charge is -2.35. The summed E-state index contributed by atoms with van der Waals surface area (Å²) in [5.74, 6) is 1.11. The van der Waals surface area contributed by atoms with Gasteiger partial charge in [-0.3, -0.25) is 4.90 Å². The molecular weight excluding hydrogens is 264 g/mol. The number of aliphatic hydroxyl groups excluding tert-OH is 1. The van der Waals surface area contributed by atoms with Crippen LogP contribution in [0.5, 0.6) is 0 Å². The van der Waals surface area contributed by atoms with E-state index in [0.717, 1.165) is 58.1 Å². The molecule has 0 aliphatic carbocycles. The van der Waals surface area contributed by atoms with E-state index in [2.05, 4.69) is 40.0 Å². The molecule has 1 aromatic rings. The number of hydrogen-bond acceptors (Lipinski definition) is 5. The molecule has 1 aliphatic rings. The number of aromatic nitrogens is 1. The van der Waals surface area contributed by atoms with Crippen molar-refractivity contribution in [1.29, 1.82) is 0 Å². The van der Waals surface area contributed by atoms with Crippen LogP contribution in [0.1, 0.15) is 24.5 Å². The Labute approximate surface area is 128 Å². The predicted octanol–water partition coefficient (Wildman–Crippen LogP) is 1.00. The van der Waals surface area contributed by atoms with Crippen molar-refractivity contribution in [2.75, 3.05) is 50.8 Å². The highest BCUT2D eigenvalue weighted by Gasteiger charge is 2.18. The van der Waals surface area contributed by atoms with E-state index in [9.17, 15) is 0 Å². The molecule has 0 amide bonds. The van der Waals surface area contributed by atoms with Gasteiger partial charge in [-0.2, -0.15) is 0 Å². The molecule has 1 saturated heterocycles. The maximum atomic E-state index is 8.99. The van der Waals surface area contributed by atoms with Crippen LogP contribution in [0, 0.1) is 6.92 Å². The van der Waals surface area contributed by atoms with E-state index in [1.54, 1.807) is 0 Å². The fourth-order valence-corrected chi connectivity index (χ4v) is 2.79. The number of β-amino-alcohol motifs (C(OH)–C–C–N with tert-alkyl or cyclic N) is 1. The topological polar surface area (TPSA) is 51.6 Å². The quantitative estimate of drug-likeness (QED) is 0.735. The van der Waals surface area contributed by atoms with E-state index in [0.29, 0.717) is 0 Å². The summed E-state index contributed by atoms with van der Waals surface area (Å²) in [6, 6.07) is 2.24. The van der Waals surface area contributed by atoms with Crippen LogP contribution < -0.4 is 10.2 Å². The normalized spacial score (nSPS) is 16.4. The number of aryl methyl sites for hydroxylation is 1. The summed E-state index contributed by atoms with van der Waals surface area (Å²) in [5.41, 5.74) is 2.50. The van der Waals surface area contributed by atoms with E-state index in [1.165, 1.54) is 11.1 Å². The van der Waals surface area contributed by atoms with Gasteiger partial charge in [0.05, 0.1) is 6.61 Å². The molecule has 0 aromatic carbocycles. The summed E-state index contributed by atoms with van der Waals surface area (Å²) < 4.78 is 0. The van der Waals surface area contributed by atoms with Crippen LogP contribution in [-0.2, 0) is 6.54 Å². The highest BCUT2D eigenvalue weighted by molar-refractivity contribution is 5.47. The van der Waals surface area contributed by atoms with Crippen LogP contribution in [0.25, 0.3) is 0 Å². The Balaban J connectivity index is 1.92. The number of nitrogens with one attached hydrogen (secondary N) is 1. The number of hydrogen-bond donors (Lipinski definition) is 2. The van der Waals surface area contributed by atoms with Crippen LogP contribution in [0.15, 0.2) is 12.3 Å². The molecule has 5 heteroatoms. The molecule has 5 nitrogen and oxygen atoms in total. The van der Waals surface area contributed by atoms with Crippen molar-refractivity contribution in [3.63, 3.8) is 0 Å². The molecule has 2 N–H and O–H groups in total. The van der Waals surface area contributed by atoms with Crippen LogP contribution in [-0.4, -0.2) is 60.9 Å². The second-order valence-electron chi connectivity index (χ2n) is 5.71. The van der Waals surface area contributed by atoms with Crippen molar-refractivity contribution in [3.05, 3.63) is 23.4 Å². The van der Waals surface area contributed by atoms with Crippen LogP contribution in [0.4, 0.5) is 5.82 Å². The molecule has 2 heterocycles. The van der Waals surface area contributed by atoms with E-state index in [4.69, 9.17) is 5.11 Å². The highest BCUT2D eigenvalue weighted by atomic mass is 16.3. The van der Waals surface area contributed by atoms with Gasteiger partial charge in [-0.25, -0.2) is 4.98 Å². The molecule has 0 radical (unpaired) electrons. The van der Waals surface area contributed by atoms with Crippen LogP contribution in [0.2, 0.25) is 0 Å². The Morgan fingerprint density at radius 3 is 2.67 bits per heavy atom. The second kappa shape index (κ2) is 8.32. The number of piperazine rings is 1. The molecular formula is C16H28N4O. The van der Waals surface area contributed by atoms with Gasteiger partial charge >= 0.3 is 0 Å². The number of nitrogens with zero attached hydrogens (tertiary/aromatic N) is 3. The van der Waals surface area contributed by atoms with Crippen molar-refractivity contribution in [1.82, 2.24) is 15.2 Å². The highest BCUT2D eigenvalue weighted by Crippen LogP contribution is 2.19. The Bertz CT molecular complexity index is 430. The van der Waals surface area contributed by atoms with Gasteiger partial charge in [0.1, 0.15) is 5.82 Å². The number of pyridine rings is 1. The zero-order chi connectivity index (χ0) is 15.1. The molecule has 0 saturated carbocycles. The fourth-order valence-electron chi connectivity index (χ4n) is 2.79. The minimum Gasteiger partial charge on any atom is -0.395 e. The Hall–Kier alpha value is -1.17. The molecule has 0 bridgehead atoms. The monoisotopic (exact) mass is 292 g/mol. The van der Waals surface area contributed by atoms with E-state index in [1.807, 2.05) is 6.20 Å². The first-order chi connectivity index (χ1) is 10.2. The minimum atomic E-state index is 0.247. The fraction of sp³-hybridized carbons (Fsp3) is 0.688. The lowest BCUT2D eigenvalue weighted by Crippen LogP contribution is -2.47. The second-order valence-corrected chi connectivity index (χ2v) is 5.71. The maximum Gasteiger partial charge on any atom is 0.131 e. The van der Waals surface area contributed by atoms with Gasteiger partial charge in [0.15, 0.2) is 0 Å². The van der Waals surface area contributed by atoms with Gasteiger partial charge in [-0.05, 0) is 37.1 Å². The lowest BCUT2D eigenvalue weighted by atomic mass is 10.2. The third kappa shape index (κ3) is 4.66. The van der Waals surface area contributed by atoms with Crippen molar-refractivity contribution in [2.24, 2.45) is 0 Å². The van der Waals surface area contributed by atoms with Crippen molar-refractivity contribution >= 4 is 5.82 Å². The maximum absolute atomic E-state index is 8.99. The van der Waals surface area contributed by atoms with Gasteiger partial charge in [0.25, 0.3) is 0 Å². The van der Waals surface area contributed by atoms with E-state index in [-0.39, 0.29) is 6.61 Å². The third-order valence-corrected chi connectivity index (χ3v) is 3.95. The smallest absolute Gasteiger partial charge is 0.131 e. The van der Waals surface area contributed by atoms with Crippen molar-refractivity contribution in [3.8, 4) is 0 Å². The van der Waals surface area contributed by atoms with Crippen LogP contribution >= 0.6 is 0 Å². The molecule has 0 spiro atoms. The average molecular weight is 292 g/mol. The summed E-state index contributed by atoms with van der Waals surface area (Å²) in [4.78, 5) is 9.32. The largest absolute Gasteiger partial charge is 0.395 e. The van der Waals surface area contributed by atoms with Crippen molar-refractivity contribution < 1.29 is 5.11 Å². The molecule has 1 fully saturated rings. The SMILES string of the molecule is CCCNCc1cnc(N2CCN(CCO)CC2)c(C)c1. The van der Waals surface area contributed by atoms with E-state index >= 15 is 0 Å². The first-order valence-corrected chi connectivity index (χ1v) is 7.99. The summed E-state index contributed by atoms with van der Waals surface area (Å²) in [6.07, 6.45) is 3.15. The van der Waals surface area contributed by atoms with Gasteiger partial charge in [0, 0.05) is 45.5 Å². The standard InChI is InChI=1S/C16H28N4O/c1-3-4-17-12-15-11-14(2)16(18-13-15)20-7-5-19(6-8-20)9-10-21/h11,13,17,21H,3-10,12H2,1-2H3. The molecule has 1 aromatic heterocycles. The number of rotatable bonds is 7. The summed E-state index contributed by atoms with van der Waals surface area (Å²) in [7, 11) is 0. The van der Waals surface area contributed by atoms with Crippen LogP contribution in [0.3, 0.4) is 0 Å². The summed E-state index contributed by atoms with van der Waals surface area (Å²) in [6.45, 7) is 11.3. The Morgan fingerprint density at radius 2 is 2.05 bits per heavy atom. The summed E-state index contributed by atoms with van der Waals surface area (Å²) in [5, 5.41) is 12.4. The van der Waals surface area contributed by atoms with Gasteiger partial charge < -0.3 is 15.3 Å². The summed E-state index contributed by atoms with van der Waals surface area (Å²) >= 11 is 0. The third-order valence-electron chi connectivity index (χ3n) is 3.95. The minimum absolute atomic E-state index is 0.247.